The lowest BCUT2D eigenvalue weighted by atomic mass is 10.2. The predicted molar refractivity (Wildman–Crippen MR) is 84.2 cm³/mol. The number of carbonyl (C=O) groups excluding carboxylic acids is 1. The zero-order chi connectivity index (χ0) is 18.0. The van der Waals surface area contributed by atoms with Crippen LogP contribution < -0.4 is 0 Å². The van der Waals surface area contributed by atoms with E-state index in [2.05, 4.69) is 4.98 Å². The first-order valence-corrected chi connectivity index (χ1v) is 7.79. The van der Waals surface area contributed by atoms with Gasteiger partial charge in [0.15, 0.2) is 6.10 Å². The molecule has 1 aromatic heterocycles. The Morgan fingerprint density at radius 2 is 2.04 bits per heavy atom. The summed E-state index contributed by atoms with van der Waals surface area (Å²) >= 11 is 0. The van der Waals surface area contributed by atoms with Gasteiger partial charge in [0.2, 0.25) is 11.8 Å². The highest BCUT2D eigenvalue weighted by atomic mass is 19.1. The zero-order valence-corrected chi connectivity index (χ0v) is 13.5. The number of morpholine rings is 1. The van der Waals surface area contributed by atoms with E-state index in [0.717, 1.165) is 0 Å². The lowest BCUT2D eigenvalue weighted by molar-refractivity contribution is -0.166. The van der Waals surface area contributed by atoms with Crippen LogP contribution in [0, 0.1) is 5.82 Å². The molecule has 2 aromatic rings. The van der Waals surface area contributed by atoms with Crippen LogP contribution in [0.4, 0.5) is 4.39 Å². The predicted octanol–water partition coefficient (Wildman–Crippen LogP) is 1.72. The van der Waals surface area contributed by atoms with E-state index in [9.17, 15) is 14.0 Å². The van der Waals surface area contributed by atoms with Crippen LogP contribution in [0.25, 0.3) is 11.5 Å². The Labute approximate surface area is 143 Å². The number of hydrogen-bond acceptors (Lipinski definition) is 5. The first-order chi connectivity index (χ1) is 11.9. The van der Waals surface area contributed by atoms with Gasteiger partial charge in [0, 0.05) is 12.1 Å². The third-order valence-corrected chi connectivity index (χ3v) is 3.86. The molecule has 1 aromatic carbocycles. The van der Waals surface area contributed by atoms with Crippen molar-refractivity contribution < 1.29 is 28.2 Å². The average molecular weight is 348 g/mol. The minimum absolute atomic E-state index is 0.00117. The van der Waals surface area contributed by atoms with Gasteiger partial charge in [0.25, 0.3) is 0 Å². The molecule has 1 aliphatic rings. The van der Waals surface area contributed by atoms with Crippen molar-refractivity contribution in [2.75, 3.05) is 13.1 Å². The van der Waals surface area contributed by atoms with Gasteiger partial charge in [0.05, 0.1) is 24.8 Å². The minimum atomic E-state index is -1.09. The van der Waals surface area contributed by atoms with Gasteiger partial charge in [-0.2, -0.15) is 0 Å². The first kappa shape index (κ1) is 17.1. The summed E-state index contributed by atoms with van der Waals surface area (Å²) in [6, 6.07) is 5.67. The second-order valence-corrected chi connectivity index (χ2v) is 5.90. The number of rotatable bonds is 4. The highest BCUT2D eigenvalue weighted by molar-refractivity contribution is 5.80. The minimum Gasteiger partial charge on any atom is -0.479 e. The van der Waals surface area contributed by atoms with Gasteiger partial charge in [-0.1, -0.05) is 0 Å². The number of amides is 1. The van der Waals surface area contributed by atoms with E-state index in [1.165, 1.54) is 35.4 Å². The van der Waals surface area contributed by atoms with E-state index >= 15 is 0 Å². The zero-order valence-electron chi connectivity index (χ0n) is 13.5. The van der Waals surface area contributed by atoms with E-state index in [1.807, 2.05) is 0 Å². The molecule has 1 saturated heterocycles. The fourth-order valence-corrected chi connectivity index (χ4v) is 2.67. The molecule has 8 heteroatoms. The maximum absolute atomic E-state index is 13.0. The van der Waals surface area contributed by atoms with Crippen LogP contribution in [0.15, 0.2) is 34.9 Å². The second kappa shape index (κ2) is 7.02. The van der Waals surface area contributed by atoms with Crippen molar-refractivity contribution in [2.24, 2.45) is 0 Å². The Morgan fingerprint density at radius 1 is 1.32 bits per heavy atom. The lowest BCUT2D eigenvalue weighted by Crippen LogP contribution is -2.52. The number of benzene rings is 1. The van der Waals surface area contributed by atoms with Crippen LogP contribution in [0.3, 0.4) is 0 Å². The van der Waals surface area contributed by atoms with Crippen molar-refractivity contribution in [3.63, 3.8) is 0 Å². The normalized spacial score (nSPS) is 20.5. The van der Waals surface area contributed by atoms with Crippen LogP contribution in [-0.2, 0) is 20.7 Å². The van der Waals surface area contributed by atoms with E-state index in [-0.39, 0.29) is 30.8 Å². The van der Waals surface area contributed by atoms with Gasteiger partial charge >= 0.3 is 5.97 Å². The van der Waals surface area contributed by atoms with Crippen molar-refractivity contribution in [1.29, 1.82) is 0 Å². The molecular formula is C17H17FN2O5. The summed E-state index contributed by atoms with van der Waals surface area (Å²) in [5, 5.41) is 9.08. The molecule has 1 aliphatic heterocycles. The summed E-state index contributed by atoms with van der Waals surface area (Å²) in [5.41, 5.74) is 1.03. The number of halogens is 1. The van der Waals surface area contributed by atoms with Crippen molar-refractivity contribution in [3.05, 3.63) is 42.0 Å². The first-order valence-electron chi connectivity index (χ1n) is 7.79. The fraction of sp³-hybridized carbons (Fsp3) is 0.353. The van der Waals surface area contributed by atoms with Crippen LogP contribution in [0.1, 0.15) is 12.6 Å². The second-order valence-electron chi connectivity index (χ2n) is 5.90. The Hall–Kier alpha value is -2.74. The summed E-state index contributed by atoms with van der Waals surface area (Å²) in [6.45, 7) is 2.05. The molecule has 0 saturated carbocycles. The molecule has 132 valence electrons. The third-order valence-electron chi connectivity index (χ3n) is 3.86. The number of aliphatic carboxylic acids is 1. The molecule has 1 fully saturated rings. The molecule has 7 nitrogen and oxygen atoms in total. The van der Waals surface area contributed by atoms with E-state index < -0.39 is 12.1 Å². The molecule has 0 spiro atoms. The number of carbonyl (C=O) groups is 2. The number of hydrogen-bond donors (Lipinski definition) is 1. The average Bonchev–Trinajstić information content (AvgIpc) is 3.03. The van der Waals surface area contributed by atoms with Crippen LogP contribution in [-0.4, -0.2) is 52.2 Å². The lowest BCUT2D eigenvalue weighted by Gasteiger charge is -2.34. The number of ether oxygens (including phenoxy) is 1. The van der Waals surface area contributed by atoms with Crippen molar-refractivity contribution >= 4 is 11.9 Å². The molecule has 1 N–H and O–H groups in total. The SMILES string of the molecule is C[C@@H]1CN(C(=O)Cc2coc(-c3ccc(F)cc3)n2)CC(C(=O)O)O1. The molecule has 1 amide bonds. The number of carboxylic acids is 1. The Balaban J connectivity index is 1.67. The van der Waals surface area contributed by atoms with Crippen molar-refractivity contribution in [2.45, 2.75) is 25.6 Å². The fourth-order valence-electron chi connectivity index (χ4n) is 2.67. The molecular weight excluding hydrogens is 331 g/mol. The van der Waals surface area contributed by atoms with Gasteiger partial charge in [-0.05, 0) is 31.2 Å². The third kappa shape index (κ3) is 4.03. The summed E-state index contributed by atoms with van der Waals surface area (Å²) in [5.74, 6) is -1.41. The summed E-state index contributed by atoms with van der Waals surface area (Å²) in [7, 11) is 0. The number of oxazole rings is 1. The quantitative estimate of drug-likeness (QED) is 0.904. The number of nitrogens with zero attached hydrogens (tertiary/aromatic N) is 2. The maximum atomic E-state index is 13.0. The Morgan fingerprint density at radius 3 is 2.72 bits per heavy atom. The van der Waals surface area contributed by atoms with Gasteiger partial charge < -0.3 is 19.2 Å². The van der Waals surface area contributed by atoms with Crippen LogP contribution in [0.5, 0.6) is 0 Å². The molecule has 1 unspecified atom stereocenters. The van der Waals surface area contributed by atoms with E-state index in [4.69, 9.17) is 14.3 Å². The molecule has 3 rings (SSSR count). The molecule has 25 heavy (non-hydrogen) atoms. The van der Waals surface area contributed by atoms with Crippen molar-refractivity contribution in [3.8, 4) is 11.5 Å². The summed E-state index contributed by atoms with van der Waals surface area (Å²) < 4.78 is 23.6. The van der Waals surface area contributed by atoms with Gasteiger partial charge in [-0.3, -0.25) is 4.79 Å². The van der Waals surface area contributed by atoms with Crippen molar-refractivity contribution in [1.82, 2.24) is 9.88 Å². The van der Waals surface area contributed by atoms with E-state index in [0.29, 0.717) is 23.7 Å². The van der Waals surface area contributed by atoms with Gasteiger partial charge in [-0.15, -0.1) is 0 Å². The summed E-state index contributed by atoms with van der Waals surface area (Å²) in [4.78, 5) is 29.2. The van der Waals surface area contributed by atoms with Crippen LogP contribution in [0.2, 0.25) is 0 Å². The van der Waals surface area contributed by atoms with Gasteiger partial charge in [-0.25, -0.2) is 14.2 Å². The van der Waals surface area contributed by atoms with Gasteiger partial charge in [0.1, 0.15) is 12.1 Å². The largest absolute Gasteiger partial charge is 0.479 e. The highest BCUT2D eigenvalue weighted by Gasteiger charge is 2.32. The number of carboxylic acid groups (broad SMARTS) is 1. The maximum Gasteiger partial charge on any atom is 0.334 e. The monoisotopic (exact) mass is 348 g/mol. The molecule has 2 heterocycles. The highest BCUT2D eigenvalue weighted by Crippen LogP contribution is 2.20. The molecule has 2 atom stereocenters. The standard InChI is InChI=1S/C17H17FN2O5/c1-10-7-20(8-14(25-10)17(22)23)15(21)6-13-9-24-16(19-13)11-2-4-12(18)5-3-11/h2-5,9-10,14H,6-8H2,1H3,(H,22,23)/t10-,14?/m1/s1. The van der Waals surface area contributed by atoms with E-state index in [1.54, 1.807) is 6.92 Å². The molecule has 0 bridgehead atoms. The molecule has 0 aliphatic carbocycles. The molecule has 0 radical (unpaired) electrons. The Kier molecular flexibility index (Phi) is 4.80. The topological polar surface area (TPSA) is 92.9 Å². The summed E-state index contributed by atoms with van der Waals surface area (Å²) in [6.07, 6.45) is -0.0236. The number of aromatic nitrogens is 1. The Bertz CT molecular complexity index is 774. The smallest absolute Gasteiger partial charge is 0.334 e. The van der Waals surface area contributed by atoms with Crippen LogP contribution >= 0.6 is 0 Å².